The first-order valence-corrected chi connectivity index (χ1v) is 6.24. The van der Waals surface area contributed by atoms with E-state index >= 15 is 0 Å². The monoisotopic (exact) mass is 265 g/mol. The molecular formula is C12H16BNO5. The Morgan fingerprint density at radius 1 is 1.37 bits per heavy atom. The van der Waals surface area contributed by atoms with E-state index < -0.39 is 12.7 Å². The summed E-state index contributed by atoms with van der Waals surface area (Å²) >= 11 is 0. The molecule has 102 valence electrons. The van der Waals surface area contributed by atoms with Crippen LogP contribution >= 0.6 is 0 Å². The fourth-order valence-corrected chi connectivity index (χ4v) is 2.47. The molecule has 0 aromatic heterocycles. The summed E-state index contributed by atoms with van der Waals surface area (Å²) in [6.07, 6.45) is -0.253. The smallest absolute Gasteiger partial charge is 0.491 e. The highest BCUT2D eigenvalue weighted by Gasteiger charge is 2.47. The van der Waals surface area contributed by atoms with Gasteiger partial charge in [-0.15, -0.1) is 0 Å². The van der Waals surface area contributed by atoms with Crippen LogP contribution in [0.15, 0.2) is 18.2 Å². The molecule has 19 heavy (non-hydrogen) atoms. The van der Waals surface area contributed by atoms with Crippen LogP contribution in [0.25, 0.3) is 0 Å². The Balaban J connectivity index is 2.03. The lowest BCUT2D eigenvalue weighted by molar-refractivity contribution is -0.0724. The number of aliphatic hydroxyl groups is 2. The molecule has 0 bridgehead atoms. The van der Waals surface area contributed by atoms with Gasteiger partial charge in [-0.05, 0) is 11.6 Å². The molecule has 1 aromatic carbocycles. The number of hydrogen-bond acceptors (Lipinski definition) is 6. The zero-order valence-corrected chi connectivity index (χ0v) is 10.4. The fourth-order valence-electron chi connectivity index (χ4n) is 2.47. The first kappa shape index (κ1) is 12.9. The van der Waals surface area contributed by atoms with Crippen LogP contribution in [0, 0.1) is 0 Å². The van der Waals surface area contributed by atoms with Gasteiger partial charge in [-0.25, -0.2) is 0 Å². The van der Waals surface area contributed by atoms with E-state index in [-0.39, 0.29) is 25.9 Å². The third-order valence-electron chi connectivity index (χ3n) is 3.61. The molecule has 4 N–H and O–H groups in total. The molecule has 6 nitrogen and oxygen atoms in total. The zero-order valence-electron chi connectivity index (χ0n) is 10.4. The number of rotatable bonds is 3. The van der Waals surface area contributed by atoms with Crippen LogP contribution in [0.2, 0.25) is 0 Å². The van der Waals surface area contributed by atoms with Crippen molar-refractivity contribution in [3.63, 3.8) is 0 Å². The van der Waals surface area contributed by atoms with E-state index in [1.165, 1.54) is 0 Å². The van der Waals surface area contributed by atoms with Gasteiger partial charge in [0.25, 0.3) is 0 Å². The van der Waals surface area contributed by atoms with Crippen LogP contribution in [-0.2, 0) is 9.31 Å². The molecule has 2 aliphatic heterocycles. The molecular weight excluding hydrogens is 249 g/mol. The molecule has 1 aromatic rings. The third-order valence-corrected chi connectivity index (χ3v) is 3.61. The Bertz CT molecular complexity index is 479. The average Bonchev–Trinajstić information content (AvgIpc) is 2.72. The van der Waals surface area contributed by atoms with Crippen molar-refractivity contribution in [2.75, 3.05) is 26.4 Å². The molecule has 2 aliphatic rings. The summed E-state index contributed by atoms with van der Waals surface area (Å²) in [6, 6.07) is 5.61. The second-order valence-electron chi connectivity index (χ2n) is 4.86. The van der Waals surface area contributed by atoms with Crippen molar-refractivity contribution >= 4 is 12.6 Å². The topological polar surface area (TPSA) is 94.2 Å². The van der Waals surface area contributed by atoms with Gasteiger partial charge in [0.2, 0.25) is 0 Å². The summed E-state index contributed by atoms with van der Waals surface area (Å²) < 4.78 is 17.2. The van der Waals surface area contributed by atoms with Crippen molar-refractivity contribution < 1.29 is 24.3 Å². The quantitative estimate of drug-likeness (QED) is 0.578. The maximum atomic E-state index is 9.45. The van der Waals surface area contributed by atoms with Gasteiger partial charge in [0.05, 0.1) is 19.3 Å². The van der Waals surface area contributed by atoms with E-state index in [0.717, 1.165) is 11.0 Å². The molecule has 0 fully saturated rings. The maximum absolute atomic E-state index is 9.45. The SMILES string of the molecule is NCC1OB2OC(CO)(CO)COc3cccc1c32. The molecule has 0 spiro atoms. The van der Waals surface area contributed by atoms with Crippen molar-refractivity contribution in [3.8, 4) is 5.75 Å². The van der Waals surface area contributed by atoms with Gasteiger partial charge in [0.15, 0.2) is 0 Å². The molecule has 0 saturated heterocycles. The van der Waals surface area contributed by atoms with Gasteiger partial charge in [-0.1, -0.05) is 12.1 Å². The molecule has 0 amide bonds. The predicted molar refractivity (Wildman–Crippen MR) is 68.2 cm³/mol. The van der Waals surface area contributed by atoms with Crippen molar-refractivity contribution in [2.24, 2.45) is 5.73 Å². The molecule has 2 heterocycles. The Morgan fingerprint density at radius 3 is 2.84 bits per heavy atom. The maximum Gasteiger partial charge on any atom is 0.499 e. The highest BCUT2D eigenvalue weighted by atomic mass is 16.6. The number of benzene rings is 1. The lowest BCUT2D eigenvalue weighted by atomic mass is 9.77. The zero-order chi connectivity index (χ0) is 13.5. The second-order valence-corrected chi connectivity index (χ2v) is 4.86. The summed E-state index contributed by atoms with van der Waals surface area (Å²) in [5, 5.41) is 18.9. The summed E-state index contributed by atoms with van der Waals surface area (Å²) in [5.41, 5.74) is 6.27. The van der Waals surface area contributed by atoms with E-state index in [0.29, 0.717) is 12.3 Å². The van der Waals surface area contributed by atoms with Crippen LogP contribution in [0.5, 0.6) is 5.75 Å². The Kier molecular flexibility index (Phi) is 3.24. The van der Waals surface area contributed by atoms with Gasteiger partial charge < -0.3 is 30.0 Å². The fraction of sp³-hybridized carbons (Fsp3) is 0.500. The Morgan fingerprint density at radius 2 is 2.16 bits per heavy atom. The van der Waals surface area contributed by atoms with Gasteiger partial charge >= 0.3 is 7.12 Å². The largest absolute Gasteiger partial charge is 0.499 e. The van der Waals surface area contributed by atoms with E-state index in [2.05, 4.69) is 0 Å². The Labute approximate surface area is 111 Å². The van der Waals surface area contributed by atoms with Gasteiger partial charge in [0.1, 0.15) is 18.0 Å². The molecule has 1 unspecified atom stereocenters. The first-order valence-electron chi connectivity index (χ1n) is 6.24. The average molecular weight is 265 g/mol. The lowest BCUT2D eigenvalue weighted by Crippen LogP contribution is -2.50. The number of aliphatic hydroxyl groups excluding tert-OH is 2. The van der Waals surface area contributed by atoms with Crippen LogP contribution < -0.4 is 15.9 Å². The summed E-state index contributed by atoms with van der Waals surface area (Å²) in [6.45, 7) is -0.287. The van der Waals surface area contributed by atoms with Crippen molar-refractivity contribution in [1.82, 2.24) is 0 Å². The predicted octanol–water partition coefficient (Wildman–Crippen LogP) is -1.46. The van der Waals surface area contributed by atoms with Crippen LogP contribution in [0.3, 0.4) is 0 Å². The highest BCUT2D eigenvalue weighted by Crippen LogP contribution is 2.32. The number of nitrogens with two attached hydrogens (primary N) is 1. The number of hydrogen-bond donors (Lipinski definition) is 3. The summed E-state index contributed by atoms with van der Waals surface area (Å²) in [5.74, 6) is 0.655. The minimum absolute atomic E-state index is 0.0730. The van der Waals surface area contributed by atoms with E-state index in [1.807, 2.05) is 18.2 Å². The molecule has 0 saturated carbocycles. The summed E-state index contributed by atoms with van der Waals surface area (Å²) in [7, 11) is -0.665. The minimum atomic E-state index is -1.16. The molecule has 0 aliphatic carbocycles. The van der Waals surface area contributed by atoms with E-state index in [9.17, 15) is 10.2 Å². The van der Waals surface area contributed by atoms with E-state index in [1.54, 1.807) is 0 Å². The molecule has 0 radical (unpaired) electrons. The van der Waals surface area contributed by atoms with Crippen LogP contribution in [0.4, 0.5) is 0 Å². The van der Waals surface area contributed by atoms with Gasteiger partial charge in [-0.2, -0.15) is 0 Å². The molecule has 3 rings (SSSR count). The standard InChI is InChI=1S/C12H16BNO5/c14-4-10-8-2-1-3-9-11(8)13(18-10)19-12(5-15,6-16)7-17-9/h1-3,10,15-16H,4-7,14H2. The van der Waals surface area contributed by atoms with Gasteiger partial charge in [0, 0.05) is 12.0 Å². The van der Waals surface area contributed by atoms with Crippen LogP contribution in [0.1, 0.15) is 11.7 Å². The van der Waals surface area contributed by atoms with Crippen LogP contribution in [-0.4, -0.2) is 49.3 Å². The summed E-state index contributed by atoms with van der Waals surface area (Å²) in [4.78, 5) is 0. The second kappa shape index (κ2) is 4.77. The van der Waals surface area contributed by atoms with Crippen molar-refractivity contribution in [3.05, 3.63) is 23.8 Å². The Hall–Kier alpha value is -1.12. The lowest BCUT2D eigenvalue weighted by Gasteiger charge is -2.29. The van der Waals surface area contributed by atoms with Gasteiger partial charge in [-0.3, -0.25) is 0 Å². The molecule has 7 heteroatoms. The normalized spacial score (nSPS) is 23.7. The van der Waals surface area contributed by atoms with Crippen molar-refractivity contribution in [1.29, 1.82) is 0 Å². The first-order chi connectivity index (χ1) is 9.23. The minimum Gasteiger partial charge on any atom is -0.491 e. The number of ether oxygens (including phenoxy) is 1. The highest BCUT2D eigenvalue weighted by molar-refractivity contribution is 6.64. The van der Waals surface area contributed by atoms with E-state index in [4.69, 9.17) is 19.8 Å². The van der Waals surface area contributed by atoms with Crippen molar-refractivity contribution in [2.45, 2.75) is 11.7 Å². The third kappa shape index (κ3) is 1.94. The molecule has 1 atom stereocenters.